The molecule has 2 aromatic rings. The van der Waals surface area contributed by atoms with Crippen molar-refractivity contribution in [3.63, 3.8) is 0 Å². The molecule has 0 aliphatic rings. The Bertz CT molecular complexity index is 596. The van der Waals surface area contributed by atoms with Gasteiger partial charge >= 0.3 is 0 Å². The van der Waals surface area contributed by atoms with Crippen LogP contribution in [0.5, 0.6) is 0 Å². The van der Waals surface area contributed by atoms with Crippen molar-refractivity contribution in [2.45, 2.75) is 26.9 Å². The zero-order valence-corrected chi connectivity index (χ0v) is 12.2. The molecule has 1 aromatic heterocycles. The van der Waals surface area contributed by atoms with Crippen LogP contribution in [0.2, 0.25) is 10.0 Å². The number of aromatic nitrogens is 2. The maximum absolute atomic E-state index is 13.2. The minimum Gasteiger partial charge on any atom is -0.378 e. The van der Waals surface area contributed by atoms with Crippen molar-refractivity contribution in [1.29, 1.82) is 0 Å². The molecule has 1 heterocycles. The molecule has 102 valence electrons. The summed E-state index contributed by atoms with van der Waals surface area (Å²) < 4.78 is 15.0. The lowest BCUT2D eigenvalue weighted by molar-refractivity contribution is 0.621. The van der Waals surface area contributed by atoms with Crippen molar-refractivity contribution in [2.24, 2.45) is 0 Å². The van der Waals surface area contributed by atoms with Crippen LogP contribution in [0.3, 0.4) is 0 Å². The van der Waals surface area contributed by atoms with Gasteiger partial charge in [0.05, 0.1) is 33.7 Å². The average molecular weight is 302 g/mol. The Hall–Kier alpha value is -1.26. The van der Waals surface area contributed by atoms with Crippen molar-refractivity contribution in [2.75, 3.05) is 5.32 Å². The van der Waals surface area contributed by atoms with Gasteiger partial charge in [0.25, 0.3) is 0 Å². The predicted molar refractivity (Wildman–Crippen MR) is 76.4 cm³/mol. The summed E-state index contributed by atoms with van der Waals surface area (Å²) in [7, 11) is 0. The summed E-state index contributed by atoms with van der Waals surface area (Å²) in [5.41, 5.74) is 2.19. The van der Waals surface area contributed by atoms with Crippen LogP contribution in [0, 0.1) is 12.7 Å². The fourth-order valence-electron chi connectivity index (χ4n) is 1.85. The lowest BCUT2D eigenvalue weighted by atomic mass is 10.3. The van der Waals surface area contributed by atoms with Crippen molar-refractivity contribution >= 4 is 28.9 Å². The average Bonchev–Trinajstić information content (AvgIpc) is 2.66. The Morgan fingerprint density at radius 1 is 1.37 bits per heavy atom. The zero-order chi connectivity index (χ0) is 14.0. The summed E-state index contributed by atoms with van der Waals surface area (Å²) in [6.07, 6.45) is 0. The molecule has 0 fully saturated rings. The summed E-state index contributed by atoms with van der Waals surface area (Å²) in [4.78, 5) is 0. The standard InChI is InChI=1S/C13H14Cl2FN3/c1-3-19-12(13(15)8(2)18-19)7-17-11-6-9(16)4-5-10(11)14/h4-6,17H,3,7H2,1-2H3. The molecule has 0 bridgehead atoms. The zero-order valence-electron chi connectivity index (χ0n) is 10.7. The maximum Gasteiger partial charge on any atom is 0.125 e. The SMILES string of the molecule is CCn1nc(C)c(Cl)c1CNc1cc(F)ccc1Cl. The molecule has 0 unspecified atom stereocenters. The van der Waals surface area contributed by atoms with Crippen LogP contribution in [-0.4, -0.2) is 9.78 Å². The van der Waals surface area contributed by atoms with Crippen LogP contribution in [0.15, 0.2) is 18.2 Å². The molecule has 0 saturated heterocycles. The Morgan fingerprint density at radius 3 is 2.79 bits per heavy atom. The van der Waals surface area contributed by atoms with Crippen LogP contribution in [-0.2, 0) is 13.1 Å². The van der Waals surface area contributed by atoms with E-state index in [9.17, 15) is 4.39 Å². The lowest BCUT2D eigenvalue weighted by Gasteiger charge is -2.10. The topological polar surface area (TPSA) is 29.9 Å². The van der Waals surface area contributed by atoms with Gasteiger partial charge in [0.1, 0.15) is 5.82 Å². The third-order valence-electron chi connectivity index (χ3n) is 2.83. The van der Waals surface area contributed by atoms with Gasteiger partial charge in [0.15, 0.2) is 0 Å². The molecule has 0 aliphatic heterocycles. The highest BCUT2D eigenvalue weighted by Crippen LogP contribution is 2.25. The Balaban J connectivity index is 2.21. The van der Waals surface area contributed by atoms with Gasteiger partial charge in [-0.05, 0) is 32.0 Å². The molecule has 6 heteroatoms. The minimum atomic E-state index is -0.335. The quantitative estimate of drug-likeness (QED) is 0.914. The molecule has 2 rings (SSSR count). The van der Waals surface area contributed by atoms with E-state index in [1.807, 2.05) is 18.5 Å². The molecular weight excluding hydrogens is 288 g/mol. The monoisotopic (exact) mass is 301 g/mol. The number of halogens is 3. The molecular formula is C13H14Cl2FN3. The van der Waals surface area contributed by atoms with Crippen LogP contribution in [0.4, 0.5) is 10.1 Å². The van der Waals surface area contributed by atoms with Crippen LogP contribution in [0.1, 0.15) is 18.3 Å². The van der Waals surface area contributed by atoms with E-state index in [2.05, 4.69) is 10.4 Å². The van der Waals surface area contributed by atoms with E-state index in [4.69, 9.17) is 23.2 Å². The van der Waals surface area contributed by atoms with E-state index >= 15 is 0 Å². The highest BCUT2D eigenvalue weighted by Gasteiger charge is 2.12. The van der Waals surface area contributed by atoms with Crippen LogP contribution in [0.25, 0.3) is 0 Å². The number of hydrogen-bond acceptors (Lipinski definition) is 2. The van der Waals surface area contributed by atoms with E-state index in [1.165, 1.54) is 18.2 Å². The second kappa shape index (κ2) is 5.80. The fraction of sp³-hybridized carbons (Fsp3) is 0.308. The van der Waals surface area contributed by atoms with E-state index in [0.29, 0.717) is 22.3 Å². The molecule has 0 amide bonds. The van der Waals surface area contributed by atoms with E-state index in [0.717, 1.165) is 17.9 Å². The highest BCUT2D eigenvalue weighted by atomic mass is 35.5. The maximum atomic E-state index is 13.2. The van der Waals surface area contributed by atoms with E-state index in [-0.39, 0.29) is 5.82 Å². The first kappa shape index (κ1) is 14.2. The minimum absolute atomic E-state index is 0.335. The van der Waals surface area contributed by atoms with Crippen molar-refractivity contribution in [3.8, 4) is 0 Å². The lowest BCUT2D eigenvalue weighted by Crippen LogP contribution is -2.08. The Labute approximate surface area is 121 Å². The van der Waals surface area contributed by atoms with Crippen LogP contribution >= 0.6 is 23.2 Å². The Morgan fingerprint density at radius 2 is 2.11 bits per heavy atom. The van der Waals surface area contributed by atoms with Gasteiger partial charge in [-0.2, -0.15) is 5.10 Å². The summed E-state index contributed by atoms with van der Waals surface area (Å²) in [6, 6.07) is 4.19. The number of nitrogens with zero attached hydrogens (tertiary/aromatic N) is 2. The van der Waals surface area contributed by atoms with Gasteiger partial charge in [-0.25, -0.2) is 4.39 Å². The molecule has 0 radical (unpaired) electrons. The largest absolute Gasteiger partial charge is 0.378 e. The van der Waals surface area contributed by atoms with Crippen molar-refractivity contribution < 1.29 is 4.39 Å². The Kier molecular flexibility index (Phi) is 4.32. The third-order valence-corrected chi connectivity index (χ3v) is 3.65. The van der Waals surface area contributed by atoms with Gasteiger partial charge in [0, 0.05) is 6.54 Å². The second-order valence-electron chi connectivity index (χ2n) is 4.14. The van der Waals surface area contributed by atoms with Gasteiger partial charge in [0.2, 0.25) is 0 Å². The number of benzene rings is 1. The first-order valence-corrected chi connectivity index (χ1v) is 6.69. The first-order chi connectivity index (χ1) is 9.02. The normalized spacial score (nSPS) is 10.8. The third kappa shape index (κ3) is 3.01. The molecule has 0 aliphatic carbocycles. The first-order valence-electron chi connectivity index (χ1n) is 5.93. The highest BCUT2D eigenvalue weighted by molar-refractivity contribution is 6.33. The molecule has 1 N–H and O–H groups in total. The number of nitrogens with one attached hydrogen (secondary N) is 1. The van der Waals surface area contributed by atoms with Gasteiger partial charge in [-0.15, -0.1) is 0 Å². The number of hydrogen-bond donors (Lipinski definition) is 1. The molecule has 0 spiro atoms. The summed E-state index contributed by atoms with van der Waals surface area (Å²) in [6.45, 7) is 5.01. The number of anilines is 1. The fourth-order valence-corrected chi connectivity index (χ4v) is 2.24. The molecule has 19 heavy (non-hydrogen) atoms. The second-order valence-corrected chi connectivity index (χ2v) is 4.92. The van der Waals surface area contributed by atoms with Gasteiger partial charge < -0.3 is 5.32 Å². The smallest absolute Gasteiger partial charge is 0.125 e. The van der Waals surface area contributed by atoms with E-state index in [1.54, 1.807) is 0 Å². The molecule has 0 saturated carbocycles. The molecule has 1 aromatic carbocycles. The van der Waals surface area contributed by atoms with Gasteiger partial charge in [-0.3, -0.25) is 4.68 Å². The van der Waals surface area contributed by atoms with Gasteiger partial charge in [-0.1, -0.05) is 23.2 Å². The van der Waals surface area contributed by atoms with Crippen molar-refractivity contribution in [3.05, 3.63) is 45.4 Å². The number of aryl methyl sites for hydroxylation is 2. The van der Waals surface area contributed by atoms with E-state index < -0.39 is 0 Å². The predicted octanol–water partition coefficient (Wildman–Crippen LogP) is 4.27. The molecule has 0 atom stereocenters. The number of rotatable bonds is 4. The van der Waals surface area contributed by atoms with Crippen molar-refractivity contribution in [1.82, 2.24) is 9.78 Å². The summed E-state index contributed by atoms with van der Waals surface area (Å²) >= 11 is 12.2. The summed E-state index contributed by atoms with van der Waals surface area (Å²) in [5, 5.41) is 8.50. The summed E-state index contributed by atoms with van der Waals surface area (Å²) in [5.74, 6) is -0.335. The van der Waals surface area contributed by atoms with Crippen LogP contribution < -0.4 is 5.32 Å². The molecule has 3 nitrogen and oxygen atoms in total.